The van der Waals surface area contributed by atoms with Gasteiger partial charge in [0.2, 0.25) is 0 Å². The van der Waals surface area contributed by atoms with Crippen LogP contribution in [-0.4, -0.2) is 26.1 Å². The first-order valence-corrected chi connectivity index (χ1v) is 11.7. The smallest absolute Gasteiger partial charge is 0.272 e. The lowest BCUT2D eigenvalue weighted by molar-refractivity contribution is 0.302. The van der Waals surface area contributed by atoms with Gasteiger partial charge in [-0.3, -0.25) is 9.48 Å². The summed E-state index contributed by atoms with van der Waals surface area (Å²) >= 11 is 6.24. The van der Waals surface area contributed by atoms with Crippen molar-refractivity contribution in [2.24, 2.45) is 7.05 Å². The van der Waals surface area contributed by atoms with Crippen LogP contribution in [0.5, 0.6) is 5.75 Å². The molecule has 2 heterocycles. The van der Waals surface area contributed by atoms with Crippen molar-refractivity contribution in [2.75, 3.05) is 0 Å². The molecule has 2 aromatic carbocycles. The van der Waals surface area contributed by atoms with E-state index in [1.807, 2.05) is 13.0 Å². The molecule has 0 spiro atoms. The molecular formula is C26H22ClFN6O2. The predicted molar refractivity (Wildman–Crippen MR) is 135 cm³/mol. The standard InChI is InChI=1S/C26H22ClFN6O2/c1-13(2)30-12-21-17-8-14(4-7-16(17)26(35)33-32-21)19-11-31-34(3)25(19)23-18(10-29)22(36-15-5-6-15)9-20(27)24(23)28/h4,7-9,11,15,30H,1,5-6,12H2,2-3H3,(H,33,35). The molecule has 0 radical (unpaired) electrons. The molecule has 5 rings (SSSR count). The predicted octanol–water partition coefficient (Wildman–Crippen LogP) is 4.82. The molecule has 4 aromatic rings. The Kier molecular flexibility index (Phi) is 5.98. The lowest BCUT2D eigenvalue weighted by Crippen LogP contribution is -2.16. The normalized spacial score (nSPS) is 13.0. The second kappa shape index (κ2) is 9.13. The van der Waals surface area contributed by atoms with Gasteiger partial charge in [-0.25, -0.2) is 9.49 Å². The molecule has 0 saturated heterocycles. The van der Waals surface area contributed by atoms with E-state index in [-0.39, 0.29) is 33.6 Å². The summed E-state index contributed by atoms with van der Waals surface area (Å²) < 4.78 is 22.9. The Balaban J connectivity index is 1.71. The van der Waals surface area contributed by atoms with Crippen LogP contribution >= 0.6 is 11.6 Å². The van der Waals surface area contributed by atoms with E-state index in [4.69, 9.17) is 16.3 Å². The van der Waals surface area contributed by atoms with Crippen LogP contribution in [0.15, 0.2) is 47.5 Å². The number of allylic oxidation sites excluding steroid dienone is 1. The minimum absolute atomic E-state index is 0.00482. The number of hydrogen-bond acceptors (Lipinski definition) is 6. The summed E-state index contributed by atoms with van der Waals surface area (Å²) in [5.41, 5.74) is 2.72. The minimum Gasteiger partial charge on any atom is -0.489 e. The lowest BCUT2D eigenvalue weighted by Gasteiger charge is -2.15. The molecule has 182 valence electrons. The maximum atomic E-state index is 15.5. The SMILES string of the molecule is C=C(C)NCc1n[nH]c(=O)c2ccc(-c3cnn(C)c3-c3c(F)c(Cl)cc(OC4CC4)c3C#N)cc12. The number of H-pyrrole nitrogens is 1. The summed E-state index contributed by atoms with van der Waals surface area (Å²) in [7, 11) is 1.66. The quantitative estimate of drug-likeness (QED) is 0.373. The highest BCUT2D eigenvalue weighted by Gasteiger charge is 2.29. The molecule has 1 aliphatic rings. The maximum absolute atomic E-state index is 15.5. The molecule has 2 N–H and O–H groups in total. The van der Waals surface area contributed by atoms with Crippen molar-refractivity contribution in [1.29, 1.82) is 5.26 Å². The Morgan fingerprint density at radius 2 is 2.17 bits per heavy atom. The zero-order chi connectivity index (χ0) is 25.6. The first kappa shape index (κ1) is 23.6. The molecule has 0 aliphatic heterocycles. The number of fused-ring (bicyclic) bond motifs is 1. The number of nitrogens with zero attached hydrogens (tertiary/aromatic N) is 4. The van der Waals surface area contributed by atoms with Gasteiger partial charge in [0.25, 0.3) is 5.56 Å². The zero-order valence-electron chi connectivity index (χ0n) is 19.7. The van der Waals surface area contributed by atoms with Crippen molar-refractivity contribution in [3.05, 3.63) is 75.2 Å². The van der Waals surface area contributed by atoms with Crippen LogP contribution in [0.25, 0.3) is 33.2 Å². The van der Waals surface area contributed by atoms with Crippen LogP contribution in [0.3, 0.4) is 0 Å². The Morgan fingerprint density at radius 3 is 2.86 bits per heavy atom. The Labute approximate surface area is 211 Å². The monoisotopic (exact) mass is 504 g/mol. The number of aromatic nitrogens is 4. The number of aromatic amines is 1. The number of hydrogen-bond donors (Lipinski definition) is 2. The number of benzene rings is 2. The minimum atomic E-state index is -0.730. The summed E-state index contributed by atoms with van der Waals surface area (Å²) in [6.07, 6.45) is 3.33. The fourth-order valence-corrected chi connectivity index (χ4v) is 4.29. The molecule has 0 unspecified atom stereocenters. The van der Waals surface area contributed by atoms with Gasteiger partial charge in [0, 0.05) is 29.8 Å². The number of nitrogens with one attached hydrogen (secondary N) is 2. The zero-order valence-corrected chi connectivity index (χ0v) is 20.4. The molecule has 1 fully saturated rings. The molecule has 2 aromatic heterocycles. The molecule has 1 saturated carbocycles. The highest BCUT2D eigenvalue weighted by atomic mass is 35.5. The largest absolute Gasteiger partial charge is 0.489 e. The average Bonchev–Trinajstić information content (AvgIpc) is 3.59. The average molecular weight is 505 g/mol. The molecule has 0 amide bonds. The van der Waals surface area contributed by atoms with Crippen LogP contribution in [0, 0.1) is 17.1 Å². The first-order chi connectivity index (χ1) is 17.3. The van der Waals surface area contributed by atoms with Gasteiger partial charge < -0.3 is 10.1 Å². The third kappa shape index (κ3) is 4.20. The van der Waals surface area contributed by atoms with Gasteiger partial charge in [-0.1, -0.05) is 24.2 Å². The van der Waals surface area contributed by atoms with Crippen molar-refractivity contribution in [2.45, 2.75) is 32.4 Å². The molecule has 36 heavy (non-hydrogen) atoms. The van der Waals surface area contributed by atoms with E-state index in [9.17, 15) is 10.1 Å². The second-order valence-corrected chi connectivity index (χ2v) is 9.18. The van der Waals surface area contributed by atoms with Gasteiger partial charge in [0.15, 0.2) is 5.82 Å². The fraction of sp³-hybridized carbons (Fsp3) is 0.231. The summed E-state index contributed by atoms with van der Waals surface area (Å²) in [6.45, 7) is 6.02. The summed E-state index contributed by atoms with van der Waals surface area (Å²) in [6, 6.07) is 8.70. The summed E-state index contributed by atoms with van der Waals surface area (Å²) in [5, 5.41) is 25.1. The van der Waals surface area contributed by atoms with Crippen LogP contribution in [0.2, 0.25) is 5.02 Å². The van der Waals surface area contributed by atoms with E-state index < -0.39 is 5.82 Å². The Bertz CT molecular complexity index is 1630. The van der Waals surface area contributed by atoms with Crippen molar-refractivity contribution >= 4 is 22.4 Å². The second-order valence-electron chi connectivity index (χ2n) is 8.77. The van der Waals surface area contributed by atoms with E-state index in [2.05, 4.69) is 33.3 Å². The topological polar surface area (TPSA) is 109 Å². The van der Waals surface area contributed by atoms with E-state index in [0.717, 1.165) is 18.5 Å². The number of halogens is 2. The van der Waals surface area contributed by atoms with Crippen molar-refractivity contribution in [1.82, 2.24) is 25.3 Å². The van der Waals surface area contributed by atoms with E-state index in [0.29, 0.717) is 39.8 Å². The van der Waals surface area contributed by atoms with Gasteiger partial charge in [0.05, 0.1) is 46.2 Å². The highest BCUT2D eigenvalue weighted by molar-refractivity contribution is 6.31. The highest BCUT2D eigenvalue weighted by Crippen LogP contribution is 2.43. The van der Waals surface area contributed by atoms with E-state index >= 15 is 4.39 Å². The molecule has 1 aliphatic carbocycles. The van der Waals surface area contributed by atoms with Gasteiger partial charge in [-0.05, 0) is 37.5 Å². The third-order valence-electron chi connectivity index (χ3n) is 6.02. The van der Waals surface area contributed by atoms with Crippen molar-refractivity contribution in [3.8, 4) is 34.2 Å². The van der Waals surface area contributed by atoms with Crippen LogP contribution in [-0.2, 0) is 13.6 Å². The molecule has 0 atom stereocenters. The fourth-order valence-electron chi connectivity index (χ4n) is 4.10. The van der Waals surface area contributed by atoms with Gasteiger partial charge in [0.1, 0.15) is 17.4 Å². The molecule has 0 bridgehead atoms. The number of ether oxygens (including phenoxy) is 1. The first-order valence-electron chi connectivity index (χ1n) is 11.3. The van der Waals surface area contributed by atoms with Gasteiger partial charge in [-0.15, -0.1) is 0 Å². The molecular weight excluding hydrogens is 483 g/mol. The van der Waals surface area contributed by atoms with E-state index in [1.165, 1.54) is 10.7 Å². The number of rotatable bonds is 7. The van der Waals surface area contributed by atoms with Gasteiger partial charge >= 0.3 is 0 Å². The van der Waals surface area contributed by atoms with Gasteiger partial charge in [-0.2, -0.15) is 15.5 Å². The van der Waals surface area contributed by atoms with Crippen LogP contribution < -0.4 is 15.6 Å². The van der Waals surface area contributed by atoms with Crippen LogP contribution in [0.1, 0.15) is 31.0 Å². The molecule has 8 nitrogen and oxygen atoms in total. The maximum Gasteiger partial charge on any atom is 0.272 e. The number of aryl methyl sites for hydroxylation is 1. The molecule has 10 heteroatoms. The van der Waals surface area contributed by atoms with E-state index in [1.54, 1.807) is 25.4 Å². The third-order valence-corrected chi connectivity index (χ3v) is 6.30. The van der Waals surface area contributed by atoms with Crippen molar-refractivity contribution in [3.63, 3.8) is 0 Å². The Hall–Kier alpha value is -4.16. The lowest BCUT2D eigenvalue weighted by atomic mass is 9.95. The Morgan fingerprint density at radius 1 is 1.39 bits per heavy atom. The summed E-state index contributed by atoms with van der Waals surface area (Å²) in [4.78, 5) is 12.4. The van der Waals surface area contributed by atoms with Crippen LogP contribution in [0.4, 0.5) is 4.39 Å². The summed E-state index contributed by atoms with van der Waals surface area (Å²) in [5.74, 6) is -0.484. The number of nitriles is 1. The van der Waals surface area contributed by atoms with Crippen molar-refractivity contribution < 1.29 is 9.13 Å².